The number of imidazole rings is 1. The number of nitrogens with one attached hydrogen (secondary N) is 2. The number of aliphatic imine (C=N–C) groups is 1. The monoisotopic (exact) mass is 381 g/mol. The van der Waals surface area contributed by atoms with Gasteiger partial charge >= 0.3 is 0 Å². The first kappa shape index (κ1) is 19.9. The standard InChI is InChI=1S/C21H31N7/c1-7-22-21(24-14(2)12-17-15(3)26-28(6)16(17)4)23-13-20-25-18-10-8-9-11-19(18)27(20)5/h8-11,14H,7,12-13H2,1-6H3,(H2,22,23,24). The molecule has 0 amide bonds. The van der Waals surface area contributed by atoms with Crippen LogP contribution in [0.5, 0.6) is 0 Å². The molecular formula is C21H31N7. The maximum atomic E-state index is 4.76. The van der Waals surface area contributed by atoms with Crippen LogP contribution in [0.3, 0.4) is 0 Å². The second kappa shape index (κ2) is 8.46. The number of para-hydroxylation sites is 2. The minimum Gasteiger partial charge on any atom is -0.357 e. The Morgan fingerprint density at radius 3 is 2.61 bits per heavy atom. The molecule has 0 bridgehead atoms. The summed E-state index contributed by atoms with van der Waals surface area (Å²) in [6.45, 7) is 9.78. The molecule has 0 aliphatic rings. The number of rotatable bonds is 6. The predicted octanol–water partition coefficient (Wildman–Crippen LogP) is 2.61. The van der Waals surface area contributed by atoms with Crippen LogP contribution in [0.4, 0.5) is 0 Å². The second-order valence-corrected chi connectivity index (χ2v) is 7.29. The summed E-state index contributed by atoms with van der Waals surface area (Å²) in [6.07, 6.45) is 0.905. The zero-order valence-electron chi connectivity index (χ0n) is 17.7. The van der Waals surface area contributed by atoms with Crippen LogP contribution in [0.15, 0.2) is 29.3 Å². The molecule has 0 spiro atoms. The van der Waals surface area contributed by atoms with Gasteiger partial charge in [0, 0.05) is 32.4 Å². The van der Waals surface area contributed by atoms with Crippen molar-refractivity contribution >= 4 is 17.0 Å². The first-order valence-corrected chi connectivity index (χ1v) is 9.85. The van der Waals surface area contributed by atoms with Crippen molar-refractivity contribution < 1.29 is 0 Å². The highest BCUT2D eigenvalue weighted by molar-refractivity contribution is 5.80. The maximum Gasteiger partial charge on any atom is 0.191 e. The highest BCUT2D eigenvalue weighted by atomic mass is 15.3. The van der Waals surface area contributed by atoms with E-state index in [0.717, 1.165) is 41.5 Å². The second-order valence-electron chi connectivity index (χ2n) is 7.29. The molecule has 3 aromatic rings. The number of nitrogens with zero attached hydrogens (tertiary/aromatic N) is 5. The molecule has 0 saturated heterocycles. The van der Waals surface area contributed by atoms with E-state index in [-0.39, 0.29) is 6.04 Å². The molecule has 7 heteroatoms. The Morgan fingerprint density at radius 2 is 1.96 bits per heavy atom. The Morgan fingerprint density at radius 1 is 1.21 bits per heavy atom. The van der Waals surface area contributed by atoms with Gasteiger partial charge in [0.15, 0.2) is 5.96 Å². The molecule has 0 fully saturated rings. The summed E-state index contributed by atoms with van der Waals surface area (Å²) in [6, 6.07) is 8.40. The van der Waals surface area contributed by atoms with E-state index in [0.29, 0.717) is 6.54 Å². The minimum atomic E-state index is 0.236. The number of fused-ring (bicyclic) bond motifs is 1. The Balaban J connectivity index is 1.72. The van der Waals surface area contributed by atoms with Crippen LogP contribution in [0.1, 0.15) is 36.6 Å². The van der Waals surface area contributed by atoms with Gasteiger partial charge < -0.3 is 15.2 Å². The van der Waals surface area contributed by atoms with Crippen LogP contribution >= 0.6 is 0 Å². The van der Waals surface area contributed by atoms with Crippen LogP contribution < -0.4 is 10.6 Å². The number of benzene rings is 1. The van der Waals surface area contributed by atoms with Crippen molar-refractivity contribution in [2.45, 2.75) is 46.7 Å². The lowest BCUT2D eigenvalue weighted by Crippen LogP contribution is -2.43. The Kier molecular flexibility index (Phi) is 6.02. The van der Waals surface area contributed by atoms with Gasteiger partial charge in [-0.05, 0) is 51.8 Å². The number of hydrogen-bond donors (Lipinski definition) is 2. The first-order chi connectivity index (χ1) is 13.4. The first-order valence-electron chi connectivity index (χ1n) is 9.85. The third-order valence-electron chi connectivity index (χ3n) is 5.15. The van der Waals surface area contributed by atoms with E-state index in [9.17, 15) is 0 Å². The third kappa shape index (κ3) is 4.18. The number of guanidine groups is 1. The van der Waals surface area contributed by atoms with Crippen molar-refractivity contribution in [3.8, 4) is 0 Å². The van der Waals surface area contributed by atoms with Crippen LogP contribution in [0.2, 0.25) is 0 Å². The van der Waals surface area contributed by atoms with Gasteiger partial charge in [0.1, 0.15) is 12.4 Å². The van der Waals surface area contributed by atoms with Crippen molar-refractivity contribution in [1.29, 1.82) is 0 Å². The van der Waals surface area contributed by atoms with E-state index in [1.165, 1.54) is 11.3 Å². The highest BCUT2D eigenvalue weighted by Gasteiger charge is 2.14. The van der Waals surface area contributed by atoms with E-state index in [2.05, 4.69) is 54.1 Å². The van der Waals surface area contributed by atoms with Crippen molar-refractivity contribution in [3.63, 3.8) is 0 Å². The van der Waals surface area contributed by atoms with Crippen LogP contribution in [-0.2, 0) is 27.1 Å². The molecule has 0 radical (unpaired) electrons. The van der Waals surface area contributed by atoms with Crippen LogP contribution in [-0.4, -0.2) is 37.9 Å². The number of hydrogen-bond acceptors (Lipinski definition) is 3. The van der Waals surface area contributed by atoms with Gasteiger partial charge in [-0.1, -0.05) is 12.1 Å². The van der Waals surface area contributed by atoms with Gasteiger partial charge in [0.25, 0.3) is 0 Å². The zero-order chi connectivity index (χ0) is 20.3. The van der Waals surface area contributed by atoms with Gasteiger partial charge in [-0.3, -0.25) is 4.68 Å². The summed E-state index contributed by atoms with van der Waals surface area (Å²) in [5.41, 5.74) is 5.74. The van der Waals surface area contributed by atoms with Crippen molar-refractivity contribution in [1.82, 2.24) is 30.0 Å². The number of aryl methyl sites for hydroxylation is 3. The fourth-order valence-corrected chi connectivity index (χ4v) is 3.51. The van der Waals surface area contributed by atoms with Crippen molar-refractivity contribution in [2.24, 2.45) is 19.1 Å². The normalized spacial score (nSPS) is 13.1. The highest BCUT2D eigenvalue weighted by Crippen LogP contribution is 2.15. The largest absolute Gasteiger partial charge is 0.357 e. The molecule has 0 aliphatic carbocycles. The predicted molar refractivity (Wildman–Crippen MR) is 115 cm³/mol. The van der Waals surface area contributed by atoms with Crippen molar-refractivity contribution in [2.75, 3.05) is 6.54 Å². The van der Waals surface area contributed by atoms with E-state index in [1.807, 2.05) is 37.0 Å². The van der Waals surface area contributed by atoms with Gasteiger partial charge in [0.05, 0.1) is 16.7 Å². The smallest absolute Gasteiger partial charge is 0.191 e. The van der Waals surface area contributed by atoms with Gasteiger partial charge in [-0.25, -0.2) is 9.98 Å². The molecule has 150 valence electrons. The average molecular weight is 382 g/mol. The van der Waals surface area contributed by atoms with Crippen molar-refractivity contribution in [3.05, 3.63) is 47.0 Å². The summed E-state index contributed by atoms with van der Waals surface area (Å²) in [5, 5.41) is 11.4. The molecule has 2 heterocycles. The lowest BCUT2D eigenvalue weighted by atomic mass is 10.1. The molecule has 1 unspecified atom stereocenters. The van der Waals surface area contributed by atoms with Crippen LogP contribution in [0, 0.1) is 13.8 Å². The fraction of sp³-hybridized carbons (Fsp3) is 0.476. The van der Waals surface area contributed by atoms with Gasteiger partial charge in [0.2, 0.25) is 0 Å². The molecule has 7 nitrogen and oxygen atoms in total. The molecule has 0 saturated carbocycles. The Bertz CT molecular complexity index is 980. The summed E-state index contributed by atoms with van der Waals surface area (Å²) in [5.74, 6) is 1.76. The van der Waals surface area contributed by atoms with Gasteiger partial charge in [-0.2, -0.15) is 5.10 Å². The molecule has 1 atom stereocenters. The SMILES string of the molecule is CCNC(=NCc1nc2ccccc2n1C)NC(C)Cc1c(C)nn(C)c1C. The topological polar surface area (TPSA) is 72.1 Å². The quantitative estimate of drug-likeness (QED) is 0.509. The molecule has 1 aromatic carbocycles. The molecule has 2 aromatic heterocycles. The average Bonchev–Trinajstić information content (AvgIpc) is 3.11. The summed E-state index contributed by atoms with van der Waals surface area (Å²) in [4.78, 5) is 9.47. The summed E-state index contributed by atoms with van der Waals surface area (Å²) >= 11 is 0. The Labute approximate surface area is 166 Å². The van der Waals surface area contributed by atoms with E-state index in [1.54, 1.807) is 0 Å². The van der Waals surface area contributed by atoms with Gasteiger partial charge in [-0.15, -0.1) is 0 Å². The fourth-order valence-electron chi connectivity index (χ4n) is 3.51. The molecule has 0 aliphatic heterocycles. The minimum absolute atomic E-state index is 0.236. The third-order valence-corrected chi connectivity index (χ3v) is 5.15. The summed E-state index contributed by atoms with van der Waals surface area (Å²) in [7, 11) is 4.03. The molecular weight excluding hydrogens is 350 g/mol. The zero-order valence-corrected chi connectivity index (χ0v) is 17.7. The van der Waals surface area contributed by atoms with E-state index >= 15 is 0 Å². The van der Waals surface area contributed by atoms with E-state index in [4.69, 9.17) is 9.98 Å². The molecule has 2 N–H and O–H groups in total. The van der Waals surface area contributed by atoms with Crippen LogP contribution in [0.25, 0.3) is 11.0 Å². The maximum absolute atomic E-state index is 4.76. The lowest BCUT2D eigenvalue weighted by Gasteiger charge is -2.18. The van der Waals surface area contributed by atoms with E-state index < -0.39 is 0 Å². The molecule has 3 rings (SSSR count). The molecule has 28 heavy (non-hydrogen) atoms. The summed E-state index contributed by atoms with van der Waals surface area (Å²) < 4.78 is 4.05. The number of aromatic nitrogens is 4. The Hall–Kier alpha value is -2.83. The lowest BCUT2D eigenvalue weighted by molar-refractivity contribution is 0.634.